The van der Waals surface area contributed by atoms with Gasteiger partial charge in [-0.25, -0.2) is 0 Å². The van der Waals surface area contributed by atoms with Gasteiger partial charge in [-0.3, -0.25) is 19.3 Å². The summed E-state index contributed by atoms with van der Waals surface area (Å²) in [5.41, 5.74) is 0.859. The van der Waals surface area contributed by atoms with Gasteiger partial charge in [-0.15, -0.1) is 0 Å². The van der Waals surface area contributed by atoms with Crippen LogP contribution in [0, 0.1) is 0 Å². The van der Waals surface area contributed by atoms with Crippen molar-refractivity contribution in [2.24, 2.45) is 0 Å². The molecule has 82 valence electrons. The van der Waals surface area contributed by atoms with Gasteiger partial charge in [0.25, 0.3) is 11.7 Å². The molecule has 5 heteroatoms. The van der Waals surface area contributed by atoms with Gasteiger partial charge in [-0.1, -0.05) is 12.1 Å². The molecular weight excluding hydrogens is 208 g/mol. The molecule has 16 heavy (non-hydrogen) atoms. The first-order valence-corrected chi connectivity index (χ1v) is 4.81. The summed E-state index contributed by atoms with van der Waals surface area (Å²) in [7, 11) is 1.48. The molecule has 1 N–H and O–H groups in total. The second-order valence-corrected chi connectivity index (χ2v) is 3.41. The molecule has 0 spiro atoms. The third-order valence-corrected chi connectivity index (χ3v) is 2.46. The van der Waals surface area contributed by atoms with Crippen molar-refractivity contribution in [2.75, 3.05) is 18.5 Å². The SMILES string of the molecule is CNC(=O)CN1C(=O)C(=O)c2ccccc21. The fourth-order valence-corrected chi connectivity index (χ4v) is 1.63. The van der Waals surface area contributed by atoms with Crippen LogP contribution >= 0.6 is 0 Å². The molecule has 0 aromatic heterocycles. The predicted octanol–water partition coefficient (Wildman–Crippen LogP) is -0.0381. The summed E-state index contributed by atoms with van der Waals surface area (Å²) in [5, 5.41) is 2.41. The quantitative estimate of drug-likeness (QED) is 0.708. The molecule has 1 aromatic rings. The van der Waals surface area contributed by atoms with Crippen LogP contribution in [0.3, 0.4) is 0 Å². The van der Waals surface area contributed by atoms with Gasteiger partial charge in [0.1, 0.15) is 6.54 Å². The third kappa shape index (κ3) is 1.46. The number of benzene rings is 1. The van der Waals surface area contributed by atoms with Gasteiger partial charge in [0.15, 0.2) is 0 Å². The van der Waals surface area contributed by atoms with E-state index in [0.29, 0.717) is 11.3 Å². The first-order valence-electron chi connectivity index (χ1n) is 4.81. The van der Waals surface area contributed by atoms with E-state index in [9.17, 15) is 14.4 Å². The van der Waals surface area contributed by atoms with Gasteiger partial charge >= 0.3 is 0 Å². The van der Waals surface area contributed by atoms with Crippen LogP contribution < -0.4 is 10.2 Å². The molecule has 0 unspecified atom stereocenters. The second kappa shape index (κ2) is 3.77. The van der Waals surface area contributed by atoms with Gasteiger partial charge in [0.2, 0.25) is 5.91 Å². The summed E-state index contributed by atoms with van der Waals surface area (Å²) in [6.45, 7) is -0.127. The topological polar surface area (TPSA) is 66.5 Å². The molecule has 0 aliphatic carbocycles. The molecule has 1 heterocycles. The van der Waals surface area contributed by atoms with E-state index in [1.54, 1.807) is 24.3 Å². The number of fused-ring (bicyclic) bond motifs is 1. The molecule has 0 atom stereocenters. The highest BCUT2D eigenvalue weighted by Gasteiger charge is 2.36. The Balaban J connectivity index is 2.37. The van der Waals surface area contributed by atoms with Crippen molar-refractivity contribution >= 4 is 23.3 Å². The van der Waals surface area contributed by atoms with E-state index in [4.69, 9.17) is 0 Å². The summed E-state index contributed by atoms with van der Waals surface area (Å²) >= 11 is 0. The van der Waals surface area contributed by atoms with Crippen molar-refractivity contribution in [3.63, 3.8) is 0 Å². The minimum Gasteiger partial charge on any atom is -0.358 e. The van der Waals surface area contributed by atoms with E-state index in [0.717, 1.165) is 0 Å². The monoisotopic (exact) mass is 218 g/mol. The number of carbonyl (C=O) groups excluding carboxylic acids is 3. The first kappa shape index (κ1) is 10.4. The van der Waals surface area contributed by atoms with Crippen molar-refractivity contribution in [2.45, 2.75) is 0 Å². The zero-order chi connectivity index (χ0) is 11.7. The number of para-hydroxylation sites is 1. The molecule has 0 bridgehead atoms. The van der Waals surface area contributed by atoms with Gasteiger partial charge in [-0.2, -0.15) is 0 Å². The molecule has 1 aliphatic heterocycles. The van der Waals surface area contributed by atoms with Crippen LogP contribution in [0.25, 0.3) is 0 Å². The number of Topliss-reactive ketones (excluding diaryl/α,β-unsaturated/α-hetero) is 1. The van der Waals surface area contributed by atoms with E-state index in [-0.39, 0.29) is 12.5 Å². The highest BCUT2D eigenvalue weighted by Crippen LogP contribution is 2.27. The molecule has 0 saturated heterocycles. The number of carbonyl (C=O) groups is 3. The first-order chi connectivity index (χ1) is 7.65. The second-order valence-electron chi connectivity index (χ2n) is 3.41. The van der Waals surface area contributed by atoms with Crippen LogP contribution in [0.15, 0.2) is 24.3 Å². The Kier molecular flexibility index (Phi) is 2.44. The van der Waals surface area contributed by atoms with Gasteiger partial charge in [0.05, 0.1) is 11.3 Å². The Hall–Kier alpha value is -2.17. The van der Waals surface area contributed by atoms with Crippen molar-refractivity contribution in [3.8, 4) is 0 Å². The van der Waals surface area contributed by atoms with Crippen LogP contribution in [-0.4, -0.2) is 31.2 Å². The van der Waals surface area contributed by atoms with E-state index in [2.05, 4.69) is 5.32 Å². The molecule has 1 aliphatic rings. The lowest BCUT2D eigenvalue weighted by atomic mass is 10.1. The van der Waals surface area contributed by atoms with E-state index >= 15 is 0 Å². The summed E-state index contributed by atoms with van der Waals surface area (Å²) in [6, 6.07) is 6.65. The van der Waals surface area contributed by atoms with E-state index in [1.165, 1.54) is 11.9 Å². The number of rotatable bonds is 2. The molecule has 2 amide bonds. The molecule has 0 radical (unpaired) electrons. The minimum absolute atomic E-state index is 0.127. The van der Waals surface area contributed by atoms with Crippen molar-refractivity contribution in [1.82, 2.24) is 5.32 Å². The Morgan fingerprint density at radius 1 is 1.31 bits per heavy atom. The predicted molar refractivity (Wildman–Crippen MR) is 57.2 cm³/mol. The number of hydrogen-bond donors (Lipinski definition) is 1. The summed E-state index contributed by atoms with van der Waals surface area (Å²) in [5.74, 6) is -1.51. The third-order valence-electron chi connectivity index (χ3n) is 2.46. The largest absolute Gasteiger partial charge is 0.358 e. The number of nitrogens with one attached hydrogen (secondary N) is 1. The summed E-state index contributed by atoms with van der Waals surface area (Å²) in [6.07, 6.45) is 0. The maximum Gasteiger partial charge on any atom is 0.299 e. The zero-order valence-corrected chi connectivity index (χ0v) is 8.69. The van der Waals surface area contributed by atoms with E-state index in [1.807, 2.05) is 0 Å². The average molecular weight is 218 g/mol. The Morgan fingerprint density at radius 2 is 2.00 bits per heavy atom. The molecule has 0 fully saturated rings. The van der Waals surface area contributed by atoms with Crippen LogP contribution in [0.5, 0.6) is 0 Å². The average Bonchev–Trinajstić information content (AvgIpc) is 2.55. The molecule has 5 nitrogen and oxygen atoms in total. The van der Waals surface area contributed by atoms with Gasteiger partial charge in [-0.05, 0) is 12.1 Å². The Bertz CT molecular complexity index is 482. The Labute approximate surface area is 92.0 Å². The maximum atomic E-state index is 11.6. The van der Waals surface area contributed by atoms with Crippen LogP contribution in [0.2, 0.25) is 0 Å². The smallest absolute Gasteiger partial charge is 0.299 e. The highest BCUT2D eigenvalue weighted by atomic mass is 16.2. The lowest BCUT2D eigenvalue weighted by Crippen LogP contribution is -2.38. The molecule has 0 saturated carbocycles. The van der Waals surface area contributed by atoms with Crippen LogP contribution in [0.1, 0.15) is 10.4 Å². The van der Waals surface area contributed by atoms with Crippen molar-refractivity contribution in [1.29, 1.82) is 0 Å². The number of likely N-dealkylation sites (N-methyl/N-ethyl adjacent to an activating group) is 1. The highest BCUT2D eigenvalue weighted by molar-refractivity contribution is 6.52. The fourth-order valence-electron chi connectivity index (χ4n) is 1.63. The standard InChI is InChI=1S/C11H10N2O3/c1-12-9(14)6-13-8-5-3-2-4-7(8)10(15)11(13)16/h2-5H,6H2,1H3,(H,12,14). The lowest BCUT2D eigenvalue weighted by Gasteiger charge is -2.14. The van der Waals surface area contributed by atoms with Crippen molar-refractivity contribution < 1.29 is 14.4 Å². The lowest BCUT2D eigenvalue weighted by molar-refractivity contribution is -0.121. The van der Waals surface area contributed by atoms with Crippen LogP contribution in [0.4, 0.5) is 5.69 Å². The minimum atomic E-state index is -0.648. The number of anilines is 1. The number of nitrogens with zero attached hydrogens (tertiary/aromatic N) is 1. The number of hydrogen-bond acceptors (Lipinski definition) is 3. The Morgan fingerprint density at radius 3 is 2.69 bits per heavy atom. The van der Waals surface area contributed by atoms with Crippen LogP contribution in [-0.2, 0) is 9.59 Å². The van der Waals surface area contributed by atoms with Crippen molar-refractivity contribution in [3.05, 3.63) is 29.8 Å². The molecule has 1 aromatic carbocycles. The normalized spacial score (nSPS) is 13.9. The fraction of sp³-hybridized carbons (Fsp3) is 0.182. The number of amides is 2. The van der Waals surface area contributed by atoms with Gasteiger partial charge in [0, 0.05) is 7.05 Å². The van der Waals surface area contributed by atoms with Gasteiger partial charge < -0.3 is 5.32 Å². The maximum absolute atomic E-state index is 11.6. The molecular formula is C11H10N2O3. The summed E-state index contributed by atoms with van der Waals surface area (Å²) in [4.78, 5) is 35.6. The number of ketones is 1. The summed E-state index contributed by atoms with van der Waals surface area (Å²) < 4.78 is 0. The molecule has 2 rings (SSSR count). The zero-order valence-electron chi connectivity index (χ0n) is 8.69. The van der Waals surface area contributed by atoms with E-state index < -0.39 is 11.7 Å².